The number of hydrogen-bond acceptors (Lipinski definition) is 4. The number of aryl methyl sites for hydroxylation is 1. The van der Waals surface area contributed by atoms with E-state index in [2.05, 4.69) is 20.7 Å². The SMILES string of the molecule is CN=C(NCC(NC(=O)OC(C)(C)C)c1ccccc1)N(C)Cc1cnn(C)c1.I. The molecule has 1 unspecified atom stereocenters. The zero-order valence-corrected chi connectivity index (χ0v) is 20.9. The molecule has 0 aliphatic heterocycles. The number of aliphatic imine (C=N–C) groups is 1. The van der Waals surface area contributed by atoms with Crippen molar-refractivity contribution in [3.63, 3.8) is 0 Å². The van der Waals surface area contributed by atoms with Crippen LogP contribution in [0.3, 0.4) is 0 Å². The Morgan fingerprint density at radius 1 is 1.30 bits per heavy atom. The number of carbonyl (C=O) groups excluding carboxylic acids is 1. The molecule has 1 aromatic heterocycles. The molecule has 0 radical (unpaired) electrons. The molecular weight excluding hydrogens is 495 g/mol. The molecule has 1 amide bonds. The molecule has 0 aliphatic carbocycles. The largest absolute Gasteiger partial charge is 0.444 e. The van der Waals surface area contributed by atoms with E-state index in [-0.39, 0.29) is 30.0 Å². The maximum atomic E-state index is 12.3. The monoisotopic (exact) mass is 528 g/mol. The number of nitrogens with zero attached hydrogens (tertiary/aromatic N) is 4. The molecule has 2 aromatic rings. The molecule has 30 heavy (non-hydrogen) atoms. The maximum absolute atomic E-state index is 12.3. The lowest BCUT2D eigenvalue weighted by molar-refractivity contribution is 0.0504. The normalized spacial score (nSPS) is 12.5. The van der Waals surface area contributed by atoms with E-state index in [1.807, 2.05) is 82.5 Å². The van der Waals surface area contributed by atoms with Gasteiger partial charge >= 0.3 is 6.09 Å². The number of guanidine groups is 1. The van der Waals surface area contributed by atoms with E-state index >= 15 is 0 Å². The second-order valence-electron chi connectivity index (χ2n) is 7.92. The summed E-state index contributed by atoms with van der Waals surface area (Å²) in [5, 5.41) is 10.5. The summed E-state index contributed by atoms with van der Waals surface area (Å²) in [5.74, 6) is 0.723. The summed E-state index contributed by atoms with van der Waals surface area (Å²) in [7, 11) is 5.59. The van der Waals surface area contributed by atoms with Gasteiger partial charge in [0.15, 0.2) is 5.96 Å². The van der Waals surface area contributed by atoms with Gasteiger partial charge in [0.25, 0.3) is 0 Å². The van der Waals surface area contributed by atoms with Crippen molar-refractivity contribution < 1.29 is 9.53 Å². The first-order valence-electron chi connectivity index (χ1n) is 9.61. The van der Waals surface area contributed by atoms with Gasteiger partial charge in [-0.2, -0.15) is 5.10 Å². The van der Waals surface area contributed by atoms with E-state index in [9.17, 15) is 4.79 Å². The minimum absolute atomic E-state index is 0. The van der Waals surface area contributed by atoms with Gasteiger partial charge in [0.05, 0.1) is 12.2 Å². The highest BCUT2D eigenvalue weighted by atomic mass is 127. The summed E-state index contributed by atoms with van der Waals surface area (Å²) < 4.78 is 7.20. The number of alkyl carbamates (subject to hydrolysis) is 1. The van der Waals surface area contributed by atoms with E-state index in [0.717, 1.165) is 17.1 Å². The van der Waals surface area contributed by atoms with Crippen LogP contribution in [0.25, 0.3) is 0 Å². The molecule has 0 spiro atoms. The first-order valence-corrected chi connectivity index (χ1v) is 9.61. The lowest BCUT2D eigenvalue weighted by Crippen LogP contribution is -2.44. The zero-order valence-electron chi connectivity index (χ0n) is 18.5. The number of halogens is 1. The van der Waals surface area contributed by atoms with Gasteiger partial charge in [0.1, 0.15) is 5.60 Å². The predicted octanol–water partition coefficient (Wildman–Crippen LogP) is 3.31. The average molecular weight is 528 g/mol. The highest BCUT2D eigenvalue weighted by Gasteiger charge is 2.21. The van der Waals surface area contributed by atoms with Crippen LogP contribution in [0, 0.1) is 0 Å². The molecule has 166 valence electrons. The summed E-state index contributed by atoms with van der Waals surface area (Å²) >= 11 is 0. The molecule has 0 aliphatic rings. The quantitative estimate of drug-likeness (QED) is 0.342. The summed E-state index contributed by atoms with van der Waals surface area (Å²) in [6, 6.07) is 9.53. The molecule has 2 rings (SSSR count). The van der Waals surface area contributed by atoms with Crippen molar-refractivity contribution in [1.29, 1.82) is 0 Å². The molecule has 0 bridgehead atoms. The number of hydrogen-bond donors (Lipinski definition) is 2. The number of nitrogens with one attached hydrogen (secondary N) is 2. The lowest BCUT2D eigenvalue weighted by Gasteiger charge is -2.26. The molecule has 0 saturated heterocycles. The summed E-state index contributed by atoms with van der Waals surface area (Å²) in [6.07, 6.45) is 3.35. The van der Waals surface area contributed by atoms with Gasteiger partial charge in [0.2, 0.25) is 0 Å². The summed E-state index contributed by atoms with van der Waals surface area (Å²) in [5.41, 5.74) is 1.51. The van der Waals surface area contributed by atoms with E-state index in [4.69, 9.17) is 4.74 Å². The van der Waals surface area contributed by atoms with Crippen LogP contribution in [0.5, 0.6) is 0 Å². The molecule has 0 saturated carbocycles. The Bertz CT molecular complexity index is 816. The van der Waals surface area contributed by atoms with Gasteiger partial charge in [-0.1, -0.05) is 30.3 Å². The predicted molar refractivity (Wildman–Crippen MR) is 130 cm³/mol. The topological polar surface area (TPSA) is 83.8 Å². The Labute approximate surface area is 196 Å². The Morgan fingerprint density at radius 3 is 2.50 bits per heavy atom. The number of ether oxygens (including phenoxy) is 1. The molecule has 9 heteroatoms. The highest BCUT2D eigenvalue weighted by Crippen LogP contribution is 2.14. The van der Waals surface area contributed by atoms with E-state index in [1.54, 1.807) is 11.7 Å². The Kier molecular flexibility index (Phi) is 10.1. The molecule has 0 fully saturated rings. The highest BCUT2D eigenvalue weighted by molar-refractivity contribution is 14.0. The van der Waals surface area contributed by atoms with Gasteiger partial charge in [-0.15, -0.1) is 24.0 Å². The standard InChI is InChI=1S/C21H32N6O2.HI/c1-21(2,3)29-20(28)25-18(17-10-8-7-9-11-17)13-23-19(22-4)26(5)14-16-12-24-27(6)15-16;/h7-12,15,18H,13-14H2,1-6H3,(H,22,23)(H,25,28);1H. The van der Waals surface area contributed by atoms with Crippen LogP contribution >= 0.6 is 24.0 Å². The van der Waals surface area contributed by atoms with E-state index in [0.29, 0.717) is 13.1 Å². The molecule has 1 aromatic carbocycles. The van der Waals surface area contributed by atoms with Gasteiger partial charge in [-0.25, -0.2) is 4.79 Å². The summed E-state index contributed by atoms with van der Waals surface area (Å²) in [4.78, 5) is 18.7. The van der Waals surface area contributed by atoms with Crippen molar-refractivity contribution in [2.75, 3.05) is 20.6 Å². The molecule has 1 atom stereocenters. The van der Waals surface area contributed by atoms with Gasteiger partial charge in [0, 0.05) is 46.0 Å². The molecule has 2 N–H and O–H groups in total. The number of rotatable bonds is 6. The first-order chi connectivity index (χ1) is 13.7. The number of carbonyl (C=O) groups is 1. The van der Waals surface area contributed by atoms with E-state index < -0.39 is 11.7 Å². The van der Waals surface area contributed by atoms with Crippen LogP contribution in [0.1, 0.15) is 37.9 Å². The van der Waals surface area contributed by atoms with Crippen molar-refractivity contribution in [3.8, 4) is 0 Å². The van der Waals surface area contributed by atoms with Crippen molar-refractivity contribution >= 4 is 36.0 Å². The molecular formula is C21H33IN6O2. The Balaban J connectivity index is 0.00000450. The Morgan fingerprint density at radius 2 is 1.97 bits per heavy atom. The fourth-order valence-corrected chi connectivity index (χ4v) is 2.87. The minimum Gasteiger partial charge on any atom is -0.444 e. The number of aromatic nitrogens is 2. The maximum Gasteiger partial charge on any atom is 0.408 e. The van der Waals surface area contributed by atoms with E-state index in [1.165, 1.54) is 0 Å². The first kappa shape index (κ1) is 25.7. The third-order valence-electron chi connectivity index (χ3n) is 4.11. The smallest absolute Gasteiger partial charge is 0.408 e. The number of amides is 1. The summed E-state index contributed by atoms with van der Waals surface area (Å²) in [6.45, 7) is 6.67. The lowest BCUT2D eigenvalue weighted by atomic mass is 10.1. The van der Waals surface area contributed by atoms with Crippen LogP contribution < -0.4 is 10.6 Å². The van der Waals surface area contributed by atoms with Crippen molar-refractivity contribution in [3.05, 3.63) is 53.9 Å². The van der Waals surface area contributed by atoms with Gasteiger partial charge in [-0.05, 0) is 26.3 Å². The third kappa shape index (κ3) is 8.60. The number of benzene rings is 1. The van der Waals surface area contributed by atoms with Crippen molar-refractivity contribution in [1.82, 2.24) is 25.3 Å². The average Bonchev–Trinajstić information content (AvgIpc) is 3.05. The van der Waals surface area contributed by atoms with Crippen molar-refractivity contribution in [2.45, 2.75) is 39.0 Å². The second kappa shape index (κ2) is 11.8. The van der Waals surface area contributed by atoms with Gasteiger partial charge in [-0.3, -0.25) is 9.67 Å². The van der Waals surface area contributed by atoms with Gasteiger partial charge < -0.3 is 20.3 Å². The second-order valence-corrected chi connectivity index (χ2v) is 7.92. The van der Waals surface area contributed by atoms with Crippen LogP contribution in [-0.2, 0) is 18.3 Å². The van der Waals surface area contributed by atoms with Crippen LogP contribution in [0.15, 0.2) is 47.7 Å². The third-order valence-corrected chi connectivity index (χ3v) is 4.11. The minimum atomic E-state index is -0.557. The van der Waals surface area contributed by atoms with Crippen LogP contribution in [0.2, 0.25) is 0 Å². The zero-order chi connectivity index (χ0) is 21.4. The van der Waals surface area contributed by atoms with Crippen LogP contribution in [-0.4, -0.2) is 53.0 Å². The fraction of sp³-hybridized carbons (Fsp3) is 0.476. The van der Waals surface area contributed by atoms with Crippen molar-refractivity contribution in [2.24, 2.45) is 12.0 Å². The molecule has 1 heterocycles. The fourth-order valence-electron chi connectivity index (χ4n) is 2.87. The van der Waals surface area contributed by atoms with Crippen LogP contribution in [0.4, 0.5) is 4.79 Å². The molecule has 8 nitrogen and oxygen atoms in total. The Hall–Kier alpha value is -2.30.